The molecule has 0 saturated carbocycles. The number of piperidine rings is 1. The van der Waals surface area contributed by atoms with E-state index in [1.165, 1.54) is 18.5 Å². The minimum atomic E-state index is 0. The molecular weight excluding hydrogens is 273 g/mol. The summed E-state index contributed by atoms with van der Waals surface area (Å²) in [4.78, 5) is 8.91. The molecule has 1 aliphatic heterocycles. The first-order chi connectivity index (χ1) is 8.51. The molecule has 1 aromatic heterocycles. The minimum Gasteiger partial charge on any atom is -0.392 e. The smallest absolute Gasteiger partial charge is 0.0203 e. The van der Waals surface area contributed by atoms with Crippen LogP contribution in [0.1, 0.15) is 26.7 Å². The standard InChI is InChI=1S/C15H24N3.V/c1-15(2,17(3)4)13-7-6-10-18(12-13)14-8-5-9-16-11-14;/h5,8,11,13H,6-7,10,12H2,1-4H3;/q-1;. The molecule has 0 bridgehead atoms. The van der Waals surface area contributed by atoms with Crippen molar-refractivity contribution in [2.75, 3.05) is 32.1 Å². The molecule has 1 atom stereocenters. The van der Waals surface area contributed by atoms with Gasteiger partial charge in [0.15, 0.2) is 0 Å². The third-order valence-electron chi connectivity index (χ3n) is 4.54. The number of nitrogens with zero attached hydrogens (tertiary/aromatic N) is 3. The van der Waals surface area contributed by atoms with Gasteiger partial charge >= 0.3 is 0 Å². The number of rotatable bonds is 3. The largest absolute Gasteiger partial charge is 0.392 e. The third-order valence-corrected chi connectivity index (χ3v) is 4.54. The maximum Gasteiger partial charge on any atom is 0.0203 e. The Hall–Kier alpha value is -0.506. The van der Waals surface area contributed by atoms with Crippen molar-refractivity contribution in [1.29, 1.82) is 0 Å². The SMILES string of the molecule is CN(C)C(C)(C)C1CCCN(c2cc[c-]nc2)C1.[V]. The zero-order chi connectivity index (χ0) is 13.2. The van der Waals surface area contributed by atoms with E-state index in [2.05, 4.69) is 55.0 Å². The van der Waals surface area contributed by atoms with Crippen molar-refractivity contribution in [3.8, 4) is 0 Å². The molecule has 1 unspecified atom stereocenters. The van der Waals surface area contributed by atoms with Crippen molar-refractivity contribution in [1.82, 2.24) is 9.88 Å². The van der Waals surface area contributed by atoms with Crippen LogP contribution in [0.5, 0.6) is 0 Å². The van der Waals surface area contributed by atoms with Crippen molar-refractivity contribution in [3.63, 3.8) is 0 Å². The zero-order valence-corrected chi connectivity index (χ0v) is 13.8. The molecule has 1 aliphatic rings. The fourth-order valence-corrected chi connectivity index (χ4v) is 2.65. The van der Waals surface area contributed by atoms with Gasteiger partial charge in [-0.25, -0.2) is 0 Å². The summed E-state index contributed by atoms with van der Waals surface area (Å²) in [6.45, 7) is 6.96. The average molecular weight is 297 g/mol. The van der Waals surface area contributed by atoms with Crippen molar-refractivity contribution in [2.45, 2.75) is 32.2 Å². The fraction of sp³-hybridized carbons (Fsp3) is 0.667. The molecule has 1 fully saturated rings. The van der Waals surface area contributed by atoms with Gasteiger partial charge in [-0.15, -0.1) is 6.07 Å². The van der Waals surface area contributed by atoms with Crippen LogP contribution in [0.4, 0.5) is 5.69 Å². The van der Waals surface area contributed by atoms with Gasteiger partial charge < -0.3 is 14.8 Å². The molecule has 0 spiro atoms. The van der Waals surface area contributed by atoms with Gasteiger partial charge in [0.05, 0.1) is 0 Å². The van der Waals surface area contributed by atoms with Crippen LogP contribution in [0.25, 0.3) is 0 Å². The summed E-state index contributed by atoms with van der Waals surface area (Å²) in [6, 6.07) is 4.01. The maximum absolute atomic E-state index is 4.11. The summed E-state index contributed by atoms with van der Waals surface area (Å²) in [6.07, 6.45) is 7.35. The Labute approximate surface area is 129 Å². The van der Waals surface area contributed by atoms with E-state index in [1.54, 1.807) is 0 Å². The van der Waals surface area contributed by atoms with Crippen LogP contribution in [0.15, 0.2) is 18.3 Å². The molecule has 1 aromatic rings. The van der Waals surface area contributed by atoms with Crippen LogP contribution >= 0.6 is 0 Å². The van der Waals surface area contributed by atoms with E-state index < -0.39 is 0 Å². The van der Waals surface area contributed by atoms with E-state index in [0.29, 0.717) is 5.92 Å². The van der Waals surface area contributed by atoms with Gasteiger partial charge in [-0.2, -0.15) is 6.07 Å². The van der Waals surface area contributed by atoms with Crippen LogP contribution in [0.3, 0.4) is 0 Å². The summed E-state index contributed by atoms with van der Waals surface area (Å²) in [5.74, 6) is 0.699. The average Bonchev–Trinajstić information content (AvgIpc) is 2.40. The minimum absolute atomic E-state index is 0. The topological polar surface area (TPSA) is 19.4 Å². The van der Waals surface area contributed by atoms with Crippen molar-refractivity contribution in [2.24, 2.45) is 5.92 Å². The third kappa shape index (κ3) is 3.74. The first kappa shape index (κ1) is 16.5. The van der Waals surface area contributed by atoms with E-state index in [9.17, 15) is 0 Å². The summed E-state index contributed by atoms with van der Waals surface area (Å²) < 4.78 is 0. The van der Waals surface area contributed by atoms with Crippen molar-refractivity contribution < 1.29 is 18.6 Å². The summed E-state index contributed by atoms with van der Waals surface area (Å²) in [5.41, 5.74) is 1.47. The number of aromatic nitrogens is 1. The molecule has 105 valence electrons. The second-order valence-corrected chi connectivity index (χ2v) is 5.98. The number of pyridine rings is 1. The number of hydrogen-bond donors (Lipinski definition) is 0. The van der Waals surface area contributed by atoms with Crippen LogP contribution in [-0.4, -0.2) is 42.6 Å². The summed E-state index contributed by atoms with van der Waals surface area (Å²) in [5, 5.41) is 0. The van der Waals surface area contributed by atoms with Crippen LogP contribution in [0.2, 0.25) is 0 Å². The van der Waals surface area contributed by atoms with Crippen LogP contribution in [0, 0.1) is 12.1 Å². The van der Waals surface area contributed by atoms with Gasteiger partial charge in [-0.3, -0.25) is 0 Å². The molecule has 2 heterocycles. The first-order valence-electron chi connectivity index (χ1n) is 6.76. The van der Waals surface area contributed by atoms with Crippen LogP contribution in [-0.2, 0) is 18.6 Å². The second-order valence-electron chi connectivity index (χ2n) is 5.98. The van der Waals surface area contributed by atoms with E-state index in [-0.39, 0.29) is 24.1 Å². The molecule has 19 heavy (non-hydrogen) atoms. The molecule has 0 N–H and O–H groups in total. The Morgan fingerprint density at radius 1 is 1.42 bits per heavy atom. The van der Waals surface area contributed by atoms with E-state index in [1.807, 2.05) is 12.3 Å². The number of hydrogen-bond acceptors (Lipinski definition) is 3. The van der Waals surface area contributed by atoms with Gasteiger partial charge in [-0.05, 0) is 46.7 Å². The van der Waals surface area contributed by atoms with E-state index >= 15 is 0 Å². The summed E-state index contributed by atoms with van der Waals surface area (Å²) in [7, 11) is 4.36. The maximum atomic E-state index is 4.11. The van der Waals surface area contributed by atoms with Gasteiger partial charge in [0.2, 0.25) is 0 Å². The van der Waals surface area contributed by atoms with E-state index in [4.69, 9.17) is 0 Å². The van der Waals surface area contributed by atoms with Crippen molar-refractivity contribution in [3.05, 3.63) is 24.5 Å². The Balaban J connectivity index is 0.00000180. The molecule has 0 amide bonds. The molecule has 0 aliphatic carbocycles. The molecule has 4 heteroatoms. The fourth-order valence-electron chi connectivity index (χ4n) is 2.65. The second kappa shape index (κ2) is 6.78. The van der Waals surface area contributed by atoms with Gasteiger partial charge in [-0.1, -0.05) is 18.1 Å². The molecule has 1 radical (unpaired) electrons. The molecule has 1 saturated heterocycles. The quantitative estimate of drug-likeness (QED) is 0.799. The Kier molecular flexibility index (Phi) is 5.91. The molecule has 2 rings (SSSR count). The van der Waals surface area contributed by atoms with Gasteiger partial charge in [0.25, 0.3) is 0 Å². The Bertz CT molecular complexity index is 378. The van der Waals surface area contributed by atoms with Crippen LogP contribution < -0.4 is 4.90 Å². The van der Waals surface area contributed by atoms with E-state index in [0.717, 1.165) is 13.1 Å². The normalized spacial score (nSPS) is 20.3. The molecule has 3 nitrogen and oxygen atoms in total. The Morgan fingerprint density at radius 3 is 2.74 bits per heavy atom. The monoisotopic (exact) mass is 297 g/mol. The Morgan fingerprint density at radius 2 is 2.16 bits per heavy atom. The zero-order valence-electron chi connectivity index (χ0n) is 12.4. The predicted molar refractivity (Wildman–Crippen MR) is 75.8 cm³/mol. The van der Waals surface area contributed by atoms with Gasteiger partial charge in [0.1, 0.15) is 0 Å². The first-order valence-corrected chi connectivity index (χ1v) is 6.76. The molecular formula is C15H24N3V-. The predicted octanol–water partition coefficient (Wildman–Crippen LogP) is 2.44. The van der Waals surface area contributed by atoms with Crippen molar-refractivity contribution >= 4 is 5.69 Å². The molecule has 0 aromatic carbocycles. The summed E-state index contributed by atoms with van der Waals surface area (Å²) >= 11 is 0. The number of anilines is 1. The van der Waals surface area contributed by atoms with Gasteiger partial charge in [0, 0.05) is 37.2 Å².